The molecule has 0 bridgehead atoms. The van der Waals surface area contributed by atoms with E-state index in [1.807, 2.05) is 0 Å². The van der Waals surface area contributed by atoms with Crippen molar-refractivity contribution in [3.8, 4) is 11.5 Å². The van der Waals surface area contributed by atoms with Crippen molar-refractivity contribution >= 4 is 34.8 Å². The summed E-state index contributed by atoms with van der Waals surface area (Å²) in [7, 11) is 0. The Morgan fingerprint density at radius 1 is 0.750 bits per heavy atom. The number of carbonyl (C=O) groups excluding carboxylic acids is 2. The maximum Gasteiger partial charge on any atom is 0.214 e. The number of fused-ring (bicyclic) bond motifs is 2. The van der Waals surface area contributed by atoms with Gasteiger partial charge in [-0.3, -0.25) is 9.59 Å². The van der Waals surface area contributed by atoms with Crippen LogP contribution in [0.25, 0.3) is 0 Å². The number of pyridine rings is 2. The van der Waals surface area contributed by atoms with E-state index < -0.39 is 34.4 Å². The second-order valence-corrected chi connectivity index (χ2v) is 11.4. The highest BCUT2D eigenvalue weighted by molar-refractivity contribution is 6.29. The molecule has 4 aromatic rings. The molecule has 3 aliphatic rings. The number of para-hydroxylation sites is 2. The number of halogens is 2. The van der Waals surface area contributed by atoms with Crippen molar-refractivity contribution in [2.24, 2.45) is 0 Å². The van der Waals surface area contributed by atoms with E-state index in [4.69, 9.17) is 32.7 Å². The van der Waals surface area contributed by atoms with Crippen LogP contribution in [0.2, 0.25) is 10.3 Å². The Balaban J connectivity index is 1.58. The summed E-state index contributed by atoms with van der Waals surface area (Å²) in [6.07, 6.45) is -0.100. The summed E-state index contributed by atoms with van der Waals surface area (Å²) in [6, 6.07) is 23.7. The number of carbonyl (C=O) groups is 2. The lowest BCUT2D eigenvalue weighted by Crippen LogP contribution is -2.75. The highest BCUT2D eigenvalue weighted by atomic mass is 35.5. The lowest BCUT2D eigenvalue weighted by Gasteiger charge is -2.57. The summed E-state index contributed by atoms with van der Waals surface area (Å²) in [4.78, 5) is 38.4. The van der Waals surface area contributed by atoms with Crippen LogP contribution in [0.15, 0.2) is 84.9 Å². The summed E-state index contributed by atoms with van der Waals surface area (Å²) in [6.45, 7) is 1.55. The second-order valence-electron chi connectivity index (χ2n) is 10.6. The van der Waals surface area contributed by atoms with Crippen LogP contribution >= 0.6 is 23.2 Å². The van der Waals surface area contributed by atoms with Gasteiger partial charge in [0.2, 0.25) is 17.2 Å². The molecule has 0 amide bonds. The van der Waals surface area contributed by atoms with E-state index in [1.54, 1.807) is 91.9 Å². The van der Waals surface area contributed by atoms with E-state index in [0.717, 1.165) is 0 Å². The number of aliphatic hydroxyl groups is 1. The first-order valence-electron chi connectivity index (χ1n) is 12.8. The molecular weight excluding hydrogens is 551 g/mol. The Kier molecular flexibility index (Phi) is 5.42. The summed E-state index contributed by atoms with van der Waals surface area (Å²) in [5.41, 5.74) is -4.26. The van der Waals surface area contributed by atoms with Gasteiger partial charge in [0.15, 0.2) is 5.60 Å². The molecule has 0 saturated heterocycles. The fraction of sp³-hybridized carbons (Fsp3) is 0.226. The molecule has 1 fully saturated rings. The van der Waals surface area contributed by atoms with Gasteiger partial charge in [-0.2, -0.15) is 0 Å². The highest BCUT2D eigenvalue weighted by Crippen LogP contribution is 2.65. The predicted molar refractivity (Wildman–Crippen MR) is 147 cm³/mol. The molecule has 9 heteroatoms. The van der Waals surface area contributed by atoms with Gasteiger partial charge >= 0.3 is 0 Å². The number of hydrogen-bond acceptors (Lipinski definition) is 7. The molecule has 1 N–H and O–H groups in total. The number of Topliss-reactive ketones (excluding diaryl/α,β-unsaturated/α-hetero) is 2. The Morgan fingerprint density at radius 3 is 1.90 bits per heavy atom. The molecule has 5 atom stereocenters. The quantitative estimate of drug-likeness (QED) is 0.301. The molecule has 7 nitrogen and oxygen atoms in total. The first-order chi connectivity index (χ1) is 19.2. The van der Waals surface area contributed by atoms with Crippen molar-refractivity contribution in [2.45, 2.75) is 42.0 Å². The van der Waals surface area contributed by atoms with Crippen LogP contribution in [0.4, 0.5) is 0 Å². The molecule has 2 spiro atoms. The van der Waals surface area contributed by atoms with Gasteiger partial charge in [0.25, 0.3) is 0 Å². The number of benzene rings is 2. The van der Waals surface area contributed by atoms with Crippen LogP contribution in [-0.4, -0.2) is 43.4 Å². The van der Waals surface area contributed by atoms with Crippen molar-refractivity contribution < 1.29 is 24.2 Å². The van der Waals surface area contributed by atoms with Gasteiger partial charge in [-0.25, -0.2) is 9.97 Å². The third kappa shape index (κ3) is 3.22. The van der Waals surface area contributed by atoms with Crippen LogP contribution in [0.3, 0.4) is 0 Å². The minimum atomic E-state index is -1.98. The summed E-state index contributed by atoms with van der Waals surface area (Å²) >= 11 is 12.7. The van der Waals surface area contributed by atoms with E-state index in [9.17, 15) is 14.7 Å². The van der Waals surface area contributed by atoms with Crippen molar-refractivity contribution in [3.63, 3.8) is 0 Å². The molecule has 40 heavy (non-hydrogen) atoms. The van der Waals surface area contributed by atoms with Crippen LogP contribution in [0, 0.1) is 0 Å². The largest absolute Gasteiger partial charge is 0.477 e. The van der Waals surface area contributed by atoms with Gasteiger partial charge in [-0.05, 0) is 61.9 Å². The topological polar surface area (TPSA) is 98.6 Å². The van der Waals surface area contributed by atoms with E-state index in [1.165, 1.54) is 0 Å². The molecule has 0 unspecified atom stereocenters. The number of nitrogens with zero attached hydrogens (tertiary/aromatic N) is 2. The van der Waals surface area contributed by atoms with Gasteiger partial charge in [0, 0.05) is 5.69 Å². The van der Waals surface area contributed by atoms with E-state index in [2.05, 4.69) is 9.97 Å². The standard InChI is InChI=1S/C31H22Cl2N2O5/c1-29(38)16-19(20-10-6-14-24(32)34-20)30(27(36)17-8-2-4-12-22(17)39-30)26(21-11-7-15-25(33)35-21)31(29)28(37)18-9-3-5-13-23(18)40-31/h2-15,19,26,38H,16H2,1H3/t19-,26+,29+,30+,31+/m0/s1. The molecule has 4 heterocycles. The fourth-order valence-corrected chi connectivity index (χ4v) is 7.12. The van der Waals surface area contributed by atoms with Gasteiger partial charge < -0.3 is 14.6 Å². The SMILES string of the molecule is C[C@@]1(O)C[C@@H](c2cccc(Cl)n2)[C@@]2(Oc3ccccc3C2=O)[C@@H](c2cccc(Cl)n2)[C@]12Oc1ccccc1C2=O. The fourth-order valence-electron chi connectivity index (χ4n) is 6.78. The highest BCUT2D eigenvalue weighted by Gasteiger charge is 2.79. The summed E-state index contributed by atoms with van der Waals surface area (Å²) in [5.74, 6) is -2.28. The zero-order valence-corrected chi connectivity index (χ0v) is 22.7. The van der Waals surface area contributed by atoms with E-state index in [-0.39, 0.29) is 28.2 Å². The van der Waals surface area contributed by atoms with Crippen LogP contribution < -0.4 is 9.47 Å². The number of aromatic nitrogens is 2. The molecule has 2 aromatic carbocycles. The monoisotopic (exact) mass is 572 g/mol. The minimum Gasteiger partial charge on any atom is -0.477 e. The molecule has 1 aliphatic carbocycles. The zero-order valence-electron chi connectivity index (χ0n) is 21.2. The lowest BCUT2D eigenvalue weighted by molar-refractivity contribution is -0.173. The molecule has 7 rings (SSSR count). The predicted octanol–water partition coefficient (Wildman–Crippen LogP) is 5.83. The zero-order chi connectivity index (χ0) is 27.9. The second kappa shape index (κ2) is 8.61. The Morgan fingerprint density at radius 2 is 1.30 bits per heavy atom. The van der Waals surface area contributed by atoms with Crippen molar-refractivity contribution in [1.82, 2.24) is 9.97 Å². The Hall–Kier alpha value is -3.78. The van der Waals surface area contributed by atoms with Crippen molar-refractivity contribution in [3.05, 3.63) is 118 Å². The number of hydrogen-bond donors (Lipinski definition) is 1. The lowest BCUT2D eigenvalue weighted by atomic mass is 9.51. The smallest absolute Gasteiger partial charge is 0.214 e. The number of ketones is 2. The van der Waals surface area contributed by atoms with Crippen LogP contribution in [0.5, 0.6) is 11.5 Å². The first kappa shape index (κ1) is 25.2. The number of rotatable bonds is 2. The van der Waals surface area contributed by atoms with Crippen LogP contribution in [0.1, 0.15) is 57.3 Å². The summed E-state index contributed by atoms with van der Waals surface area (Å²) in [5, 5.41) is 12.7. The van der Waals surface area contributed by atoms with Gasteiger partial charge in [0.05, 0.1) is 28.7 Å². The normalized spacial score (nSPS) is 30.2. The molecular formula is C31H22Cl2N2O5. The molecule has 1 saturated carbocycles. The van der Waals surface area contributed by atoms with Gasteiger partial charge in [-0.15, -0.1) is 0 Å². The maximum absolute atomic E-state index is 14.7. The Bertz CT molecular complexity index is 1730. The maximum atomic E-state index is 14.7. The average molecular weight is 573 g/mol. The third-order valence-electron chi connectivity index (χ3n) is 8.39. The minimum absolute atomic E-state index is 0.100. The van der Waals surface area contributed by atoms with E-state index >= 15 is 0 Å². The first-order valence-corrected chi connectivity index (χ1v) is 13.6. The van der Waals surface area contributed by atoms with E-state index in [0.29, 0.717) is 28.3 Å². The summed E-state index contributed by atoms with van der Waals surface area (Å²) < 4.78 is 13.3. The third-order valence-corrected chi connectivity index (χ3v) is 8.81. The number of ether oxygens (including phenoxy) is 2. The van der Waals surface area contributed by atoms with Crippen molar-refractivity contribution in [2.75, 3.05) is 0 Å². The molecule has 200 valence electrons. The Labute approximate surface area is 239 Å². The average Bonchev–Trinajstić information content (AvgIpc) is 3.40. The molecule has 0 radical (unpaired) electrons. The van der Waals surface area contributed by atoms with Gasteiger partial charge in [-0.1, -0.05) is 59.6 Å². The van der Waals surface area contributed by atoms with Gasteiger partial charge in [0.1, 0.15) is 27.4 Å². The molecule has 2 aromatic heterocycles. The van der Waals surface area contributed by atoms with Crippen LogP contribution in [-0.2, 0) is 0 Å². The van der Waals surface area contributed by atoms with Crippen molar-refractivity contribution in [1.29, 1.82) is 0 Å². The molecule has 2 aliphatic heterocycles.